The van der Waals surface area contributed by atoms with Crippen LogP contribution in [0, 0.1) is 16.7 Å². The van der Waals surface area contributed by atoms with E-state index in [1.54, 1.807) is 0 Å². The number of halogens is 1. The SMILES string of the molecule is CC1(C(N)=O)CCC(C2NC(=O)NC2=O)C1(C)CBr. The zero-order valence-corrected chi connectivity index (χ0v) is 12.5. The maximum atomic E-state index is 11.8. The first-order valence-corrected chi connectivity index (χ1v) is 7.35. The normalized spacial score (nSPS) is 42.1. The molecule has 0 aromatic carbocycles. The van der Waals surface area contributed by atoms with E-state index in [-0.39, 0.29) is 17.7 Å². The number of hydrogen-bond donors (Lipinski definition) is 3. The molecule has 0 bridgehead atoms. The molecule has 2 fully saturated rings. The molecule has 6 nitrogen and oxygen atoms in total. The van der Waals surface area contributed by atoms with Crippen LogP contribution in [0.4, 0.5) is 4.79 Å². The molecule has 0 spiro atoms. The predicted octanol–water partition coefficient (Wildman–Crippen LogP) is 0.497. The molecular formula is C12H18BrN3O3. The van der Waals surface area contributed by atoms with Gasteiger partial charge in [0.2, 0.25) is 5.91 Å². The Morgan fingerprint density at radius 2 is 2.11 bits per heavy atom. The minimum atomic E-state index is -0.686. The van der Waals surface area contributed by atoms with Crippen LogP contribution in [0.5, 0.6) is 0 Å². The molecule has 4 N–H and O–H groups in total. The predicted molar refractivity (Wildman–Crippen MR) is 72.4 cm³/mol. The highest BCUT2D eigenvalue weighted by Gasteiger charge is 2.61. The van der Waals surface area contributed by atoms with Crippen LogP contribution in [0.2, 0.25) is 0 Å². The molecule has 2 aliphatic rings. The van der Waals surface area contributed by atoms with Gasteiger partial charge in [0, 0.05) is 5.33 Å². The van der Waals surface area contributed by atoms with Gasteiger partial charge in [-0.05, 0) is 24.2 Å². The first-order chi connectivity index (χ1) is 8.76. The van der Waals surface area contributed by atoms with Gasteiger partial charge < -0.3 is 11.1 Å². The number of urea groups is 1. The molecule has 7 heteroatoms. The number of carbonyl (C=O) groups excluding carboxylic acids is 3. The van der Waals surface area contributed by atoms with Gasteiger partial charge in [-0.2, -0.15) is 0 Å². The Hall–Kier alpha value is -1.11. The van der Waals surface area contributed by atoms with E-state index in [2.05, 4.69) is 26.6 Å². The van der Waals surface area contributed by atoms with E-state index in [4.69, 9.17) is 5.73 Å². The molecule has 106 valence electrons. The average molecular weight is 332 g/mol. The zero-order chi connectivity index (χ0) is 14.4. The van der Waals surface area contributed by atoms with E-state index in [9.17, 15) is 14.4 Å². The highest BCUT2D eigenvalue weighted by atomic mass is 79.9. The molecule has 4 atom stereocenters. The van der Waals surface area contributed by atoms with Crippen LogP contribution in [0.25, 0.3) is 0 Å². The van der Waals surface area contributed by atoms with Gasteiger partial charge in [0.25, 0.3) is 5.91 Å². The molecule has 1 aliphatic heterocycles. The van der Waals surface area contributed by atoms with Crippen molar-refractivity contribution in [3.8, 4) is 0 Å². The summed E-state index contributed by atoms with van der Waals surface area (Å²) >= 11 is 3.45. The van der Waals surface area contributed by atoms with Crippen LogP contribution >= 0.6 is 15.9 Å². The number of primary amides is 1. The lowest BCUT2D eigenvalue weighted by Crippen LogP contribution is -2.52. The van der Waals surface area contributed by atoms with Crippen molar-refractivity contribution in [2.75, 3.05) is 5.33 Å². The van der Waals surface area contributed by atoms with E-state index in [1.807, 2.05) is 13.8 Å². The first kappa shape index (κ1) is 14.3. The van der Waals surface area contributed by atoms with Crippen LogP contribution in [-0.4, -0.2) is 29.2 Å². The topological polar surface area (TPSA) is 101 Å². The third-order valence-corrected chi connectivity index (χ3v) is 6.23. The summed E-state index contributed by atoms with van der Waals surface area (Å²) in [6, 6.07) is -1.06. The summed E-state index contributed by atoms with van der Waals surface area (Å²) in [6.45, 7) is 3.78. The number of amides is 4. The lowest BCUT2D eigenvalue weighted by molar-refractivity contribution is -0.133. The van der Waals surface area contributed by atoms with Gasteiger partial charge in [-0.1, -0.05) is 29.8 Å². The summed E-state index contributed by atoms with van der Waals surface area (Å²) in [7, 11) is 0. The molecule has 0 aromatic heterocycles. The van der Waals surface area contributed by atoms with Gasteiger partial charge in [-0.3, -0.25) is 14.9 Å². The van der Waals surface area contributed by atoms with Crippen LogP contribution in [0.15, 0.2) is 0 Å². The Kier molecular flexibility index (Phi) is 3.36. The molecule has 1 saturated heterocycles. The molecular weight excluding hydrogens is 314 g/mol. The summed E-state index contributed by atoms with van der Waals surface area (Å²) in [5.74, 6) is -0.798. The summed E-state index contributed by atoms with van der Waals surface area (Å²) in [5, 5.41) is 5.43. The summed E-state index contributed by atoms with van der Waals surface area (Å²) < 4.78 is 0. The number of imide groups is 1. The number of hydrogen-bond acceptors (Lipinski definition) is 3. The highest BCUT2D eigenvalue weighted by Crippen LogP contribution is 2.58. The number of nitrogens with one attached hydrogen (secondary N) is 2. The molecule has 2 rings (SSSR count). The van der Waals surface area contributed by atoms with Gasteiger partial charge in [0.1, 0.15) is 6.04 Å². The molecule has 1 saturated carbocycles. The van der Waals surface area contributed by atoms with Crippen molar-refractivity contribution in [2.45, 2.75) is 32.7 Å². The second-order valence-corrected chi connectivity index (χ2v) is 6.39. The second-order valence-electron chi connectivity index (χ2n) is 5.83. The van der Waals surface area contributed by atoms with Gasteiger partial charge >= 0.3 is 6.03 Å². The number of carbonyl (C=O) groups is 3. The minimum Gasteiger partial charge on any atom is -0.369 e. The van der Waals surface area contributed by atoms with Gasteiger partial charge in [-0.15, -0.1) is 0 Å². The Labute approximate surface area is 120 Å². The maximum absolute atomic E-state index is 11.8. The zero-order valence-electron chi connectivity index (χ0n) is 11.0. The highest BCUT2D eigenvalue weighted by molar-refractivity contribution is 9.09. The molecule has 4 amide bonds. The minimum absolute atomic E-state index is 0.115. The van der Waals surface area contributed by atoms with Crippen molar-refractivity contribution in [3.05, 3.63) is 0 Å². The Morgan fingerprint density at radius 3 is 2.53 bits per heavy atom. The van der Waals surface area contributed by atoms with Crippen molar-refractivity contribution >= 4 is 33.8 Å². The standard InChI is InChI=1S/C12H18BrN3O3/c1-11(9(14)18)4-3-6(12(11,2)5-13)7-8(17)16-10(19)15-7/h6-7H,3-5H2,1-2H3,(H2,14,18)(H2,15,16,17,19). The van der Waals surface area contributed by atoms with Gasteiger partial charge in [0.15, 0.2) is 0 Å². The summed E-state index contributed by atoms with van der Waals surface area (Å²) in [5.41, 5.74) is 4.40. The second kappa shape index (κ2) is 4.47. The smallest absolute Gasteiger partial charge is 0.322 e. The van der Waals surface area contributed by atoms with Crippen LogP contribution in [0.3, 0.4) is 0 Å². The van der Waals surface area contributed by atoms with E-state index in [1.165, 1.54) is 0 Å². The molecule has 1 heterocycles. The molecule has 1 aliphatic carbocycles. The molecule has 4 unspecified atom stereocenters. The molecule has 19 heavy (non-hydrogen) atoms. The number of rotatable bonds is 3. The fraction of sp³-hybridized carbons (Fsp3) is 0.750. The Morgan fingerprint density at radius 1 is 1.47 bits per heavy atom. The fourth-order valence-electron chi connectivity index (χ4n) is 3.36. The van der Waals surface area contributed by atoms with Gasteiger partial charge in [0.05, 0.1) is 5.41 Å². The lowest BCUT2D eigenvalue weighted by atomic mass is 9.63. The fourth-order valence-corrected chi connectivity index (χ4v) is 4.39. The van der Waals surface area contributed by atoms with E-state index in [0.717, 1.165) is 0 Å². The monoisotopic (exact) mass is 331 g/mol. The van der Waals surface area contributed by atoms with Crippen molar-refractivity contribution in [2.24, 2.45) is 22.5 Å². The third kappa shape index (κ3) is 1.86. The summed E-state index contributed by atoms with van der Waals surface area (Å²) in [4.78, 5) is 34.9. The Balaban J connectivity index is 2.36. The van der Waals surface area contributed by atoms with E-state index < -0.39 is 22.9 Å². The number of alkyl halides is 1. The van der Waals surface area contributed by atoms with Crippen molar-refractivity contribution in [1.82, 2.24) is 10.6 Å². The average Bonchev–Trinajstić information content (AvgIpc) is 2.79. The first-order valence-electron chi connectivity index (χ1n) is 6.23. The van der Waals surface area contributed by atoms with Crippen molar-refractivity contribution in [1.29, 1.82) is 0 Å². The van der Waals surface area contributed by atoms with Crippen LogP contribution in [-0.2, 0) is 9.59 Å². The quantitative estimate of drug-likeness (QED) is 0.518. The number of nitrogens with two attached hydrogens (primary N) is 1. The lowest BCUT2D eigenvalue weighted by Gasteiger charge is -2.42. The van der Waals surface area contributed by atoms with Gasteiger partial charge in [-0.25, -0.2) is 4.79 Å². The third-order valence-electron chi connectivity index (χ3n) is 5.06. The van der Waals surface area contributed by atoms with Crippen LogP contribution in [0.1, 0.15) is 26.7 Å². The Bertz CT molecular complexity index is 456. The van der Waals surface area contributed by atoms with Crippen molar-refractivity contribution < 1.29 is 14.4 Å². The largest absolute Gasteiger partial charge is 0.369 e. The maximum Gasteiger partial charge on any atom is 0.322 e. The van der Waals surface area contributed by atoms with Crippen molar-refractivity contribution in [3.63, 3.8) is 0 Å². The molecule has 0 aromatic rings. The summed E-state index contributed by atoms with van der Waals surface area (Å²) in [6.07, 6.45) is 1.30. The van der Waals surface area contributed by atoms with E-state index >= 15 is 0 Å². The van der Waals surface area contributed by atoms with Crippen LogP contribution < -0.4 is 16.4 Å². The van der Waals surface area contributed by atoms with E-state index in [0.29, 0.717) is 18.2 Å². The molecule has 0 radical (unpaired) electrons.